The average Bonchev–Trinajstić information content (AvgIpc) is 2.84. The van der Waals surface area contributed by atoms with Gasteiger partial charge in [-0.1, -0.05) is 13.0 Å². The first kappa shape index (κ1) is 12.8. The second-order valence-corrected chi connectivity index (χ2v) is 5.78. The number of aryl methyl sites for hydroxylation is 1. The number of fused-ring (bicyclic) bond motifs is 1. The van der Waals surface area contributed by atoms with Gasteiger partial charge < -0.3 is 14.4 Å². The van der Waals surface area contributed by atoms with Gasteiger partial charge >= 0.3 is 0 Å². The monoisotopic (exact) mass is 261 g/mol. The van der Waals surface area contributed by atoms with Crippen LogP contribution in [0.25, 0.3) is 0 Å². The lowest BCUT2D eigenvalue weighted by Crippen LogP contribution is -2.22. The minimum atomic E-state index is 0.666. The molecule has 3 nitrogen and oxygen atoms in total. The topological polar surface area (TPSA) is 21.7 Å². The highest BCUT2D eigenvalue weighted by Gasteiger charge is 2.17. The Bertz CT molecular complexity index is 433. The molecule has 104 valence electrons. The largest absolute Gasteiger partial charge is 0.486 e. The Balaban J connectivity index is 1.50. The van der Waals surface area contributed by atoms with Gasteiger partial charge in [0.15, 0.2) is 11.5 Å². The third kappa shape index (κ3) is 3.21. The Kier molecular flexibility index (Phi) is 3.92. The fourth-order valence-electron chi connectivity index (χ4n) is 2.98. The van der Waals surface area contributed by atoms with E-state index in [9.17, 15) is 0 Å². The predicted octanol–water partition coefficient (Wildman–Crippen LogP) is 2.73. The summed E-state index contributed by atoms with van der Waals surface area (Å²) < 4.78 is 11.2. The van der Waals surface area contributed by atoms with E-state index in [0.29, 0.717) is 13.2 Å². The summed E-state index contributed by atoms with van der Waals surface area (Å²) in [5.74, 6) is 2.69. The third-order valence-electron chi connectivity index (χ3n) is 4.05. The second kappa shape index (κ2) is 5.83. The van der Waals surface area contributed by atoms with Gasteiger partial charge in [0, 0.05) is 6.54 Å². The Morgan fingerprint density at radius 2 is 2.05 bits per heavy atom. The van der Waals surface area contributed by atoms with Crippen LogP contribution in [0.3, 0.4) is 0 Å². The molecule has 3 rings (SSSR count). The van der Waals surface area contributed by atoms with E-state index < -0.39 is 0 Å². The second-order valence-electron chi connectivity index (χ2n) is 5.78. The Morgan fingerprint density at radius 3 is 2.84 bits per heavy atom. The van der Waals surface area contributed by atoms with Crippen molar-refractivity contribution >= 4 is 0 Å². The molecule has 0 saturated carbocycles. The van der Waals surface area contributed by atoms with Gasteiger partial charge in [0.2, 0.25) is 0 Å². The van der Waals surface area contributed by atoms with Crippen molar-refractivity contribution in [2.75, 3.05) is 32.8 Å². The summed E-state index contributed by atoms with van der Waals surface area (Å²) in [7, 11) is 0. The molecule has 1 aromatic rings. The molecule has 2 heterocycles. The van der Waals surface area contributed by atoms with Crippen molar-refractivity contribution in [3.63, 3.8) is 0 Å². The summed E-state index contributed by atoms with van der Waals surface area (Å²) in [4.78, 5) is 2.59. The molecule has 1 unspecified atom stereocenters. The molecule has 1 atom stereocenters. The smallest absolute Gasteiger partial charge is 0.161 e. The molecule has 3 heteroatoms. The van der Waals surface area contributed by atoms with Crippen molar-refractivity contribution in [3.05, 3.63) is 23.8 Å². The quantitative estimate of drug-likeness (QED) is 0.832. The van der Waals surface area contributed by atoms with Gasteiger partial charge in [0.25, 0.3) is 0 Å². The zero-order valence-corrected chi connectivity index (χ0v) is 11.7. The predicted molar refractivity (Wildman–Crippen MR) is 76.0 cm³/mol. The van der Waals surface area contributed by atoms with Crippen LogP contribution in [0.1, 0.15) is 25.3 Å². The van der Waals surface area contributed by atoms with Crippen LogP contribution in [0.5, 0.6) is 11.5 Å². The first-order valence-electron chi connectivity index (χ1n) is 7.42. The maximum atomic E-state index is 5.62. The molecule has 1 saturated heterocycles. The maximum absolute atomic E-state index is 5.62. The van der Waals surface area contributed by atoms with Crippen LogP contribution in [-0.2, 0) is 6.42 Å². The fraction of sp³-hybridized carbons (Fsp3) is 0.625. The van der Waals surface area contributed by atoms with Crippen molar-refractivity contribution in [2.24, 2.45) is 5.92 Å². The lowest BCUT2D eigenvalue weighted by atomic mass is 10.1. The van der Waals surface area contributed by atoms with E-state index in [1.807, 2.05) is 6.07 Å². The molecule has 0 amide bonds. The van der Waals surface area contributed by atoms with E-state index in [0.717, 1.165) is 23.8 Å². The maximum Gasteiger partial charge on any atom is 0.161 e. The van der Waals surface area contributed by atoms with Crippen LogP contribution < -0.4 is 9.47 Å². The molecular formula is C16H23NO2. The number of ether oxygens (including phenoxy) is 2. The highest BCUT2D eigenvalue weighted by molar-refractivity contribution is 5.43. The first-order valence-corrected chi connectivity index (χ1v) is 7.42. The molecule has 0 aliphatic carbocycles. The number of likely N-dealkylation sites (tertiary alicyclic amines) is 1. The van der Waals surface area contributed by atoms with Gasteiger partial charge in [0.05, 0.1) is 0 Å². The number of rotatable bonds is 4. The van der Waals surface area contributed by atoms with E-state index in [-0.39, 0.29) is 0 Å². The Labute approximate surface area is 115 Å². The zero-order valence-electron chi connectivity index (χ0n) is 11.7. The molecule has 2 aliphatic heterocycles. The number of hydrogen-bond donors (Lipinski definition) is 0. The summed E-state index contributed by atoms with van der Waals surface area (Å²) in [5.41, 5.74) is 1.36. The zero-order chi connectivity index (χ0) is 13.1. The lowest BCUT2D eigenvalue weighted by molar-refractivity contribution is 0.171. The van der Waals surface area contributed by atoms with Crippen molar-refractivity contribution in [1.82, 2.24) is 4.90 Å². The number of benzene rings is 1. The summed E-state index contributed by atoms with van der Waals surface area (Å²) in [6, 6.07) is 6.35. The molecule has 0 spiro atoms. The molecule has 0 aromatic heterocycles. The molecule has 2 aliphatic rings. The van der Waals surface area contributed by atoms with Crippen LogP contribution in [0.4, 0.5) is 0 Å². The number of nitrogens with zero attached hydrogens (tertiary/aromatic N) is 1. The summed E-state index contributed by atoms with van der Waals surface area (Å²) in [6.07, 6.45) is 3.72. The van der Waals surface area contributed by atoms with E-state index in [1.165, 1.54) is 38.0 Å². The van der Waals surface area contributed by atoms with Gasteiger partial charge in [-0.25, -0.2) is 0 Å². The SMILES string of the molecule is CC1CCN(CCCc2ccc3c(c2)OCCO3)C1. The summed E-state index contributed by atoms with van der Waals surface area (Å²) in [6.45, 7) is 7.46. The first-order chi connectivity index (χ1) is 9.31. The molecule has 0 radical (unpaired) electrons. The van der Waals surface area contributed by atoms with Gasteiger partial charge in [-0.3, -0.25) is 0 Å². The van der Waals surface area contributed by atoms with Gasteiger partial charge in [-0.15, -0.1) is 0 Å². The van der Waals surface area contributed by atoms with Gasteiger partial charge in [0.1, 0.15) is 13.2 Å². The summed E-state index contributed by atoms with van der Waals surface area (Å²) in [5, 5.41) is 0. The van der Waals surface area contributed by atoms with E-state index in [2.05, 4.69) is 24.0 Å². The van der Waals surface area contributed by atoms with Crippen molar-refractivity contribution in [2.45, 2.75) is 26.2 Å². The minimum absolute atomic E-state index is 0.666. The minimum Gasteiger partial charge on any atom is -0.486 e. The molecule has 0 bridgehead atoms. The van der Waals surface area contributed by atoms with Crippen LogP contribution >= 0.6 is 0 Å². The van der Waals surface area contributed by atoms with Crippen molar-refractivity contribution in [3.8, 4) is 11.5 Å². The van der Waals surface area contributed by atoms with Crippen molar-refractivity contribution in [1.29, 1.82) is 0 Å². The van der Waals surface area contributed by atoms with Crippen molar-refractivity contribution < 1.29 is 9.47 Å². The van der Waals surface area contributed by atoms with E-state index >= 15 is 0 Å². The Morgan fingerprint density at radius 1 is 1.21 bits per heavy atom. The normalized spacial score (nSPS) is 22.7. The lowest BCUT2D eigenvalue weighted by Gasteiger charge is -2.19. The van der Waals surface area contributed by atoms with E-state index in [1.54, 1.807) is 0 Å². The van der Waals surface area contributed by atoms with Crippen LogP contribution in [0.2, 0.25) is 0 Å². The molecule has 19 heavy (non-hydrogen) atoms. The standard InChI is InChI=1S/C16H23NO2/c1-13-6-8-17(12-13)7-2-3-14-4-5-15-16(11-14)19-10-9-18-15/h4-5,11,13H,2-3,6-10,12H2,1H3. The van der Waals surface area contributed by atoms with Gasteiger partial charge in [-0.05, 0) is 56.0 Å². The Hall–Kier alpha value is -1.22. The molecule has 1 fully saturated rings. The average molecular weight is 261 g/mol. The van der Waals surface area contributed by atoms with E-state index in [4.69, 9.17) is 9.47 Å². The fourth-order valence-corrected chi connectivity index (χ4v) is 2.98. The highest BCUT2D eigenvalue weighted by Crippen LogP contribution is 2.31. The summed E-state index contributed by atoms with van der Waals surface area (Å²) >= 11 is 0. The van der Waals surface area contributed by atoms with Crippen LogP contribution in [0.15, 0.2) is 18.2 Å². The van der Waals surface area contributed by atoms with Crippen LogP contribution in [-0.4, -0.2) is 37.7 Å². The number of hydrogen-bond acceptors (Lipinski definition) is 3. The van der Waals surface area contributed by atoms with Gasteiger partial charge in [-0.2, -0.15) is 0 Å². The molecular weight excluding hydrogens is 238 g/mol. The highest BCUT2D eigenvalue weighted by atomic mass is 16.6. The molecule has 1 aromatic carbocycles. The third-order valence-corrected chi connectivity index (χ3v) is 4.05. The van der Waals surface area contributed by atoms with Crippen LogP contribution in [0, 0.1) is 5.92 Å². The molecule has 0 N–H and O–H groups in total.